The number of aryl methyl sites for hydroxylation is 2. The van der Waals surface area contributed by atoms with E-state index in [2.05, 4.69) is 0 Å². The standard InChI is InChI=1S/C13H19NO2/c1-9-5-6-11(7-10(9)2)16-8-13(3,4)12(14)15/h5-7H,8H2,1-4H3,(H2,14,15). The van der Waals surface area contributed by atoms with Crippen LogP contribution in [0.5, 0.6) is 5.75 Å². The van der Waals surface area contributed by atoms with Gasteiger partial charge in [0.25, 0.3) is 0 Å². The summed E-state index contributed by atoms with van der Waals surface area (Å²) in [6.07, 6.45) is 0. The van der Waals surface area contributed by atoms with Crippen LogP contribution in [0.2, 0.25) is 0 Å². The number of carbonyl (C=O) groups excluding carboxylic acids is 1. The summed E-state index contributed by atoms with van der Waals surface area (Å²) in [5, 5.41) is 0. The maximum absolute atomic E-state index is 11.1. The van der Waals surface area contributed by atoms with Crippen LogP contribution >= 0.6 is 0 Å². The third-order valence-electron chi connectivity index (χ3n) is 2.75. The van der Waals surface area contributed by atoms with Gasteiger partial charge in [-0.25, -0.2) is 0 Å². The summed E-state index contributed by atoms with van der Waals surface area (Å²) in [4.78, 5) is 11.1. The van der Waals surface area contributed by atoms with E-state index in [4.69, 9.17) is 10.5 Å². The smallest absolute Gasteiger partial charge is 0.226 e. The van der Waals surface area contributed by atoms with Crippen LogP contribution in [-0.4, -0.2) is 12.5 Å². The molecule has 0 fully saturated rings. The van der Waals surface area contributed by atoms with Gasteiger partial charge < -0.3 is 10.5 Å². The van der Waals surface area contributed by atoms with Gasteiger partial charge in [-0.05, 0) is 51.0 Å². The highest BCUT2D eigenvalue weighted by molar-refractivity contribution is 5.80. The monoisotopic (exact) mass is 221 g/mol. The Hall–Kier alpha value is -1.51. The molecule has 0 aliphatic carbocycles. The van der Waals surface area contributed by atoms with Crippen molar-refractivity contribution >= 4 is 5.91 Å². The molecule has 1 rings (SSSR count). The molecule has 0 aliphatic heterocycles. The van der Waals surface area contributed by atoms with Crippen molar-refractivity contribution in [1.29, 1.82) is 0 Å². The van der Waals surface area contributed by atoms with Gasteiger partial charge in [0.1, 0.15) is 12.4 Å². The van der Waals surface area contributed by atoms with Crippen molar-refractivity contribution in [3.05, 3.63) is 29.3 Å². The summed E-state index contributed by atoms with van der Waals surface area (Å²) in [5.74, 6) is 0.425. The maximum atomic E-state index is 11.1. The summed E-state index contributed by atoms with van der Waals surface area (Å²) in [5.41, 5.74) is 7.03. The fourth-order valence-corrected chi connectivity index (χ4v) is 1.14. The third kappa shape index (κ3) is 2.99. The number of primary amides is 1. The molecule has 1 amide bonds. The fraction of sp³-hybridized carbons (Fsp3) is 0.462. The number of nitrogens with two attached hydrogens (primary N) is 1. The number of carbonyl (C=O) groups is 1. The first kappa shape index (κ1) is 12.6. The molecule has 0 bridgehead atoms. The Kier molecular flexibility index (Phi) is 3.58. The SMILES string of the molecule is Cc1ccc(OCC(C)(C)C(N)=O)cc1C. The van der Waals surface area contributed by atoms with E-state index in [1.165, 1.54) is 11.1 Å². The molecule has 0 spiro atoms. The van der Waals surface area contributed by atoms with Crippen molar-refractivity contribution in [2.45, 2.75) is 27.7 Å². The van der Waals surface area contributed by atoms with Crippen LogP contribution in [-0.2, 0) is 4.79 Å². The zero-order valence-corrected chi connectivity index (χ0v) is 10.3. The minimum atomic E-state index is -0.640. The Balaban J connectivity index is 2.68. The third-order valence-corrected chi connectivity index (χ3v) is 2.75. The highest BCUT2D eigenvalue weighted by Crippen LogP contribution is 2.20. The van der Waals surface area contributed by atoms with E-state index in [1.54, 1.807) is 13.8 Å². The summed E-state index contributed by atoms with van der Waals surface area (Å²) in [6, 6.07) is 5.87. The van der Waals surface area contributed by atoms with E-state index in [1.807, 2.05) is 32.0 Å². The van der Waals surface area contributed by atoms with Gasteiger partial charge in [0.15, 0.2) is 0 Å². The lowest BCUT2D eigenvalue weighted by Crippen LogP contribution is -2.36. The number of rotatable bonds is 4. The van der Waals surface area contributed by atoms with Gasteiger partial charge in [0, 0.05) is 0 Å². The molecule has 1 aromatic rings. The van der Waals surface area contributed by atoms with E-state index >= 15 is 0 Å². The van der Waals surface area contributed by atoms with Gasteiger partial charge >= 0.3 is 0 Å². The van der Waals surface area contributed by atoms with Gasteiger partial charge in [-0.1, -0.05) is 6.07 Å². The summed E-state index contributed by atoms with van der Waals surface area (Å²) in [7, 11) is 0. The Morgan fingerprint density at radius 2 is 1.94 bits per heavy atom. The van der Waals surface area contributed by atoms with Crippen molar-refractivity contribution in [3.8, 4) is 5.75 Å². The molecule has 16 heavy (non-hydrogen) atoms. The van der Waals surface area contributed by atoms with Crippen LogP contribution < -0.4 is 10.5 Å². The average Bonchev–Trinajstić information content (AvgIpc) is 2.20. The molecule has 0 radical (unpaired) electrons. The second-order valence-corrected chi connectivity index (χ2v) is 4.78. The number of amides is 1. The molecule has 0 saturated carbocycles. The quantitative estimate of drug-likeness (QED) is 0.847. The highest BCUT2D eigenvalue weighted by atomic mass is 16.5. The van der Waals surface area contributed by atoms with Crippen LogP contribution in [0, 0.1) is 19.3 Å². The molecule has 3 nitrogen and oxygen atoms in total. The van der Waals surface area contributed by atoms with Crippen LogP contribution in [0.3, 0.4) is 0 Å². The summed E-state index contributed by atoms with van der Waals surface area (Å²) < 4.78 is 5.57. The predicted octanol–water partition coefficient (Wildman–Crippen LogP) is 2.19. The number of benzene rings is 1. The van der Waals surface area contributed by atoms with E-state index in [0.29, 0.717) is 6.61 Å². The number of hydrogen-bond donors (Lipinski definition) is 1. The van der Waals surface area contributed by atoms with Crippen LogP contribution in [0.1, 0.15) is 25.0 Å². The zero-order chi connectivity index (χ0) is 12.3. The minimum absolute atomic E-state index is 0.296. The first-order chi connectivity index (χ1) is 7.33. The summed E-state index contributed by atoms with van der Waals surface area (Å²) in [6.45, 7) is 7.92. The maximum Gasteiger partial charge on any atom is 0.226 e. The Labute approximate surface area is 96.6 Å². The average molecular weight is 221 g/mol. The van der Waals surface area contributed by atoms with E-state index < -0.39 is 5.41 Å². The number of hydrogen-bond acceptors (Lipinski definition) is 2. The largest absolute Gasteiger partial charge is 0.492 e. The second-order valence-electron chi connectivity index (χ2n) is 4.78. The Morgan fingerprint density at radius 1 is 1.31 bits per heavy atom. The molecule has 0 aliphatic rings. The van der Waals surface area contributed by atoms with E-state index in [-0.39, 0.29) is 5.91 Å². The second kappa shape index (κ2) is 4.56. The molecule has 0 heterocycles. The van der Waals surface area contributed by atoms with Gasteiger partial charge in [0.2, 0.25) is 5.91 Å². The molecule has 2 N–H and O–H groups in total. The zero-order valence-electron chi connectivity index (χ0n) is 10.3. The van der Waals surface area contributed by atoms with Crippen LogP contribution in [0.15, 0.2) is 18.2 Å². The molecule has 0 unspecified atom stereocenters. The molecule has 0 atom stereocenters. The molecular formula is C13H19NO2. The molecule has 88 valence electrons. The van der Waals surface area contributed by atoms with Crippen molar-refractivity contribution in [2.24, 2.45) is 11.1 Å². The van der Waals surface area contributed by atoms with Crippen molar-refractivity contribution < 1.29 is 9.53 Å². The van der Waals surface area contributed by atoms with E-state index in [9.17, 15) is 4.79 Å². The van der Waals surface area contributed by atoms with Crippen molar-refractivity contribution in [2.75, 3.05) is 6.61 Å². The lowest BCUT2D eigenvalue weighted by molar-refractivity contribution is -0.127. The molecule has 1 aromatic carbocycles. The topological polar surface area (TPSA) is 52.3 Å². The van der Waals surface area contributed by atoms with Crippen LogP contribution in [0.25, 0.3) is 0 Å². The Morgan fingerprint density at radius 3 is 2.44 bits per heavy atom. The van der Waals surface area contributed by atoms with Gasteiger partial charge in [-0.15, -0.1) is 0 Å². The van der Waals surface area contributed by atoms with Crippen molar-refractivity contribution in [3.63, 3.8) is 0 Å². The fourth-order valence-electron chi connectivity index (χ4n) is 1.14. The molecular weight excluding hydrogens is 202 g/mol. The highest BCUT2D eigenvalue weighted by Gasteiger charge is 2.25. The van der Waals surface area contributed by atoms with E-state index in [0.717, 1.165) is 5.75 Å². The van der Waals surface area contributed by atoms with Gasteiger partial charge in [0.05, 0.1) is 5.41 Å². The first-order valence-electron chi connectivity index (χ1n) is 5.33. The molecule has 0 saturated heterocycles. The van der Waals surface area contributed by atoms with Crippen molar-refractivity contribution in [1.82, 2.24) is 0 Å². The lowest BCUT2D eigenvalue weighted by atomic mass is 9.94. The molecule has 0 aromatic heterocycles. The normalized spacial score (nSPS) is 11.2. The first-order valence-corrected chi connectivity index (χ1v) is 5.33. The minimum Gasteiger partial charge on any atom is -0.492 e. The molecule has 3 heteroatoms. The number of ether oxygens (including phenoxy) is 1. The lowest BCUT2D eigenvalue weighted by Gasteiger charge is -2.20. The summed E-state index contributed by atoms with van der Waals surface area (Å²) >= 11 is 0. The predicted molar refractivity (Wildman–Crippen MR) is 64.4 cm³/mol. The Bertz CT molecular complexity index is 397. The van der Waals surface area contributed by atoms with Crippen LogP contribution in [0.4, 0.5) is 0 Å². The van der Waals surface area contributed by atoms with Gasteiger partial charge in [-0.3, -0.25) is 4.79 Å². The van der Waals surface area contributed by atoms with Gasteiger partial charge in [-0.2, -0.15) is 0 Å².